The van der Waals surface area contributed by atoms with E-state index >= 15 is 0 Å². The molecule has 0 radical (unpaired) electrons. The maximum absolute atomic E-state index is 12.2. The molecule has 0 unspecified atom stereocenters. The molecule has 0 aliphatic heterocycles. The number of furan rings is 1. The third-order valence-electron chi connectivity index (χ3n) is 3.91. The molecule has 0 saturated heterocycles. The minimum Gasteiger partial charge on any atom is -0.478 e. The summed E-state index contributed by atoms with van der Waals surface area (Å²) in [6.45, 7) is 3.90. The van der Waals surface area contributed by atoms with Crippen LogP contribution in [0.3, 0.4) is 0 Å². The zero-order valence-electron chi connectivity index (χ0n) is 11.5. The predicted octanol–water partition coefficient (Wildman–Crippen LogP) is 2.43. The molecule has 2 rings (SSSR count). The Hall–Kier alpha value is -1.78. The Kier molecular flexibility index (Phi) is 3.39. The van der Waals surface area contributed by atoms with Crippen molar-refractivity contribution >= 4 is 11.9 Å². The summed E-state index contributed by atoms with van der Waals surface area (Å²) in [5.74, 6) is -0.0241. The molecule has 5 nitrogen and oxygen atoms in total. The number of carbonyl (C=O) groups excluding carboxylic acids is 1. The minimum atomic E-state index is -1.01. The van der Waals surface area contributed by atoms with Crippen molar-refractivity contribution in [1.29, 1.82) is 0 Å². The van der Waals surface area contributed by atoms with Gasteiger partial charge in [-0.3, -0.25) is 4.79 Å². The van der Waals surface area contributed by atoms with Gasteiger partial charge in [-0.1, -0.05) is 13.3 Å². The monoisotopic (exact) mass is 265 g/mol. The molecule has 0 bridgehead atoms. The molecule has 1 fully saturated rings. The average Bonchev–Trinajstić information content (AvgIpc) is 2.66. The van der Waals surface area contributed by atoms with Gasteiger partial charge in [-0.05, 0) is 25.8 Å². The summed E-state index contributed by atoms with van der Waals surface area (Å²) >= 11 is 0. The Labute approximate surface area is 112 Å². The third-order valence-corrected chi connectivity index (χ3v) is 3.91. The van der Waals surface area contributed by atoms with E-state index < -0.39 is 5.97 Å². The van der Waals surface area contributed by atoms with E-state index in [1.54, 1.807) is 18.9 Å². The number of carboxylic acid groups (broad SMARTS) is 1. The average molecular weight is 265 g/mol. The van der Waals surface area contributed by atoms with Crippen LogP contribution in [0.2, 0.25) is 0 Å². The van der Waals surface area contributed by atoms with Gasteiger partial charge in [0.25, 0.3) is 0 Å². The standard InChI is InChI=1S/C14H19NO4/c1-9-11(12(16)17)7-10(19-9)8-15(3)13(18)14(2)5-4-6-14/h7H,4-6,8H2,1-3H3,(H,16,17). The van der Waals surface area contributed by atoms with Crippen molar-refractivity contribution in [2.24, 2.45) is 5.41 Å². The summed E-state index contributed by atoms with van der Waals surface area (Å²) in [7, 11) is 1.73. The highest BCUT2D eigenvalue weighted by molar-refractivity contribution is 5.89. The zero-order valence-corrected chi connectivity index (χ0v) is 11.5. The van der Waals surface area contributed by atoms with Crippen molar-refractivity contribution in [3.8, 4) is 0 Å². The predicted molar refractivity (Wildman–Crippen MR) is 68.8 cm³/mol. The molecule has 0 aromatic carbocycles. The first-order chi connectivity index (χ1) is 8.83. The second-order valence-electron chi connectivity index (χ2n) is 5.56. The molecule has 19 heavy (non-hydrogen) atoms. The number of aromatic carboxylic acids is 1. The lowest BCUT2D eigenvalue weighted by molar-refractivity contribution is -0.145. The third kappa shape index (κ3) is 2.50. The van der Waals surface area contributed by atoms with Crippen LogP contribution in [-0.2, 0) is 11.3 Å². The van der Waals surface area contributed by atoms with Crippen molar-refractivity contribution in [2.45, 2.75) is 39.7 Å². The van der Waals surface area contributed by atoms with E-state index in [4.69, 9.17) is 9.52 Å². The summed E-state index contributed by atoms with van der Waals surface area (Å²) in [5, 5.41) is 8.96. The van der Waals surface area contributed by atoms with Crippen LogP contribution in [0.5, 0.6) is 0 Å². The number of carbonyl (C=O) groups is 2. The van der Waals surface area contributed by atoms with Gasteiger partial charge in [-0.15, -0.1) is 0 Å². The fourth-order valence-electron chi connectivity index (χ4n) is 2.52. The van der Waals surface area contributed by atoms with Gasteiger partial charge < -0.3 is 14.4 Å². The summed E-state index contributed by atoms with van der Waals surface area (Å²) in [6.07, 6.45) is 2.95. The molecule has 1 aromatic rings. The first-order valence-corrected chi connectivity index (χ1v) is 6.42. The molecule has 1 aromatic heterocycles. The summed E-state index contributed by atoms with van der Waals surface area (Å²) < 4.78 is 5.39. The molecule has 5 heteroatoms. The normalized spacial score (nSPS) is 16.8. The Bertz CT molecular complexity index is 514. The lowest BCUT2D eigenvalue weighted by atomic mass is 9.69. The fraction of sp³-hybridized carbons (Fsp3) is 0.571. The van der Waals surface area contributed by atoms with Crippen LogP contribution in [-0.4, -0.2) is 28.9 Å². The van der Waals surface area contributed by atoms with Crippen LogP contribution in [0.25, 0.3) is 0 Å². The highest BCUT2D eigenvalue weighted by Crippen LogP contribution is 2.41. The molecule has 1 aliphatic carbocycles. The quantitative estimate of drug-likeness (QED) is 0.907. The molecule has 0 atom stereocenters. The maximum Gasteiger partial charge on any atom is 0.339 e. The largest absolute Gasteiger partial charge is 0.478 e. The van der Waals surface area contributed by atoms with E-state index in [2.05, 4.69) is 0 Å². The zero-order chi connectivity index (χ0) is 14.2. The molecule has 1 heterocycles. The number of hydrogen-bond acceptors (Lipinski definition) is 3. The summed E-state index contributed by atoms with van der Waals surface area (Å²) in [5.41, 5.74) is -0.0860. The van der Waals surface area contributed by atoms with Crippen LogP contribution in [0.15, 0.2) is 10.5 Å². The molecule has 1 N–H and O–H groups in total. The molecule has 1 aliphatic rings. The lowest BCUT2D eigenvalue weighted by Crippen LogP contribution is -2.44. The highest BCUT2D eigenvalue weighted by Gasteiger charge is 2.41. The van der Waals surface area contributed by atoms with E-state index in [9.17, 15) is 9.59 Å². The molecule has 1 saturated carbocycles. The first-order valence-electron chi connectivity index (χ1n) is 6.42. The Morgan fingerprint density at radius 2 is 2.11 bits per heavy atom. The van der Waals surface area contributed by atoms with Crippen LogP contribution in [0, 0.1) is 12.3 Å². The summed E-state index contributed by atoms with van der Waals surface area (Å²) in [6, 6.07) is 1.49. The maximum atomic E-state index is 12.2. The fourth-order valence-corrected chi connectivity index (χ4v) is 2.52. The van der Waals surface area contributed by atoms with Crippen LogP contribution in [0.4, 0.5) is 0 Å². The van der Waals surface area contributed by atoms with Crippen molar-refractivity contribution in [3.63, 3.8) is 0 Å². The second kappa shape index (κ2) is 4.72. The Balaban J connectivity index is 2.06. The van der Waals surface area contributed by atoms with Gasteiger partial charge in [0, 0.05) is 12.5 Å². The van der Waals surface area contributed by atoms with Gasteiger partial charge in [0.15, 0.2) is 0 Å². The van der Waals surface area contributed by atoms with Crippen LogP contribution < -0.4 is 0 Å². The highest BCUT2D eigenvalue weighted by atomic mass is 16.4. The molecule has 104 valence electrons. The van der Waals surface area contributed by atoms with Crippen LogP contribution >= 0.6 is 0 Å². The van der Waals surface area contributed by atoms with E-state index in [-0.39, 0.29) is 16.9 Å². The van der Waals surface area contributed by atoms with Gasteiger partial charge in [-0.2, -0.15) is 0 Å². The number of amides is 1. The van der Waals surface area contributed by atoms with E-state index in [1.165, 1.54) is 6.07 Å². The van der Waals surface area contributed by atoms with Crippen molar-refractivity contribution < 1.29 is 19.1 Å². The van der Waals surface area contributed by atoms with Gasteiger partial charge in [0.2, 0.25) is 5.91 Å². The van der Waals surface area contributed by atoms with Crippen molar-refractivity contribution in [3.05, 3.63) is 23.2 Å². The molecular formula is C14H19NO4. The number of nitrogens with zero attached hydrogens (tertiary/aromatic N) is 1. The van der Waals surface area contributed by atoms with Gasteiger partial charge in [-0.25, -0.2) is 4.79 Å². The minimum absolute atomic E-state index is 0.102. The molecule has 1 amide bonds. The van der Waals surface area contributed by atoms with Crippen molar-refractivity contribution in [1.82, 2.24) is 4.90 Å². The number of aryl methyl sites for hydroxylation is 1. The molecule has 0 spiro atoms. The van der Waals surface area contributed by atoms with Gasteiger partial charge in [0.1, 0.15) is 17.1 Å². The smallest absolute Gasteiger partial charge is 0.339 e. The first kappa shape index (κ1) is 13.6. The van der Waals surface area contributed by atoms with Crippen LogP contribution in [0.1, 0.15) is 48.1 Å². The van der Waals surface area contributed by atoms with Crippen molar-refractivity contribution in [2.75, 3.05) is 7.05 Å². The van der Waals surface area contributed by atoms with E-state index in [0.29, 0.717) is 18.1 Å². The van der Waals surface area contributed by atoms with E-state index in [1.807, 2.05) is 6.92 Å². The number of carboxylic acids is 1. The Morgan fingerprint density at radius 3 is 2.53 bits per heavy atom. The number of rotatable bonds is 4. The topological polar surface area (TPSA) is 70.8 Å². The molecular weight excluding hydrogens is 246 g/mol. The lowest BCUT2D eigenvalue weighted by Gasteiger charge is -2.39. The van der Waals surface area contributed by atoms with Gasteiger partial charge in [0.05, 0.1) is 6.54 Å². The SMILES string of the molecule is Cc1oc(CN(C)C(=O)C2(C)CCC2)cc1C(=O)O. The summed E-state index contributed by atoms with van der Waals surface area (Å²) in [4.78, 5) is 24.8. The van der Waals surface area contributed by atoms with E-state index in [0.717, 1.165) is 19.3 Å². The van der Waals surface area contributed by atoms with Gasteiger partial charge >= 0.3 is 5.97 Å². The Morgan fingerprint density at radius 1 is 1.47 bits per heavy atom. The second-order valence-corrected chi connectivity index (χ2v) is 5.56. The number of hydrogen-bond donors (Lipinski definition) is 1.